The fourth-order valence-corrected chi connectivity index (χ4v) is 2.19. The second-order valence-corrected chi connectivity index (χ2v) is 5.14. The van der Waals surface area contributed by atoms with E-state index in [9.17, 15) is 8.78 Å². The normalized spacial score (nSPS) is 12.3. The predicted molar refractivity (Wildman–Crippen MR) is 81.5 cm³/mol. The second kappa shape index (κ2) is 9.42. The Labute approximate surface area is 125 Å². The number of benzene rings is 1. The molecule has 1 atom stereocenters. The van der Waals surface area contributed by atoms with Crippen molar-refractivity contribution in [2.75, 3.05) is 12.4 Å². The van der Waals surface area contributed by atoms with Gasteiger partial charge in [0, 0.05) is 17.8 Å². The number of unbranched alkanes of at least 4 members (excludes halogenated alkanes) is 3. The van der Waals surface area contributed by atoms with Gasteiger partial charge in [-0.1, -0.05) is 32.6 Å². The molecule has 3 nitrogen and oxygen atoms in total. The average Bonchev–Trinajstić information content (AvgIpc) is 2.43. The zero-order valence-electron chi connectivity index (χ0n) is 13.0. The molecule has 120 valence electrons. The molecule has 1 rings (SSSR count). The first-order valence-corrected chi connectivity index (χ1v) is 7.46. The highest BCUT2D eigenvalue weighted by molar-refractivity contribution is 5.55. The van der Waals surface area contributed by atoms with Gasteiger partial charge in [-0.05, 0) is 25.5 Å². The second-order valence-electron chi connectivity index (χ2n) is 5.14. The van der Waals surface area contributed by atoms with Crippen molar-refractivity contribution >= 4 is 5.69 Å². The number of ether oxygens (including phenoxy) is 2. The van der Waals surface area contributed by atoms with Crippen molar-refractivity contribution < 1.29 is 18.3 Å². The molecule has 0 spiro atoms. The SMILES string of the molecule is CCCCCCC(C)Nc1ccc(OC)c(OC(F)F)c1. The zero-order chi connectivity index (χ0) is 15.7. The van der Waals surface area contributed by atoms with Crippen LogP contribution in [-0.2, 0) is 0 Å². The van der Waals surface area contributed by atoms with Gasteiger partial charge in [-0.3, -0.25) is 0 Å². The van der Waals surface area contributed by atoms with E-state index < -0.39 is 6.61 Å². The summed E-state index contributed by atoms with van der Waals surface area (Å²) in [6.45, 7) is 1.41. The highest BCUT2D eigenvalue weighted by atomic mass is 19.3. The van der Waals surface area contributed by atoms with E-state index in [-0.39, 0.29) is 11.8 Å². The van der Waals surface area contributed by atoms with Crippen molar-refractivity contribution in [1.82, 2.24) is 0 Å². The largest absolute Gasteiger partial charge is 0.493 e. The summed E-state index contributed by atoms with van der Waals surface area (Å²) in [5.41, 5.74) is 0.759. The summed E-state index contributed by atoms with van der Waals surface area (Å²) in [7, 11) is 1.43. The van der Waals surface area contributed by atoms with Crippen molar-refractivity contribution in [2.45, 2.75) is 58.6 Å². The molecule has 21 heavy (non-hydrogen) atoms. The van der Waals surface area contributed by atoms with E-state index in [0.29, 0.717) is 5.75 Å². The number of halogens is 2. The topological polar surface area (TPSA) is 30.5 Å². The molecule has 0 saturated heterocycles. The third kappa shape index (κ3) is 6.65. The van der Waals surface area contributed by atoms with Gasteiger partial charge in [-0.2, -0.15) is 8.78 Å². The summed E-state index contributed by atoms with van der Waals surface area (Å²) in [4.78, 5) is 0. The molecule has 0 aliphatic carbocycles. The summed E-state index contributed by atoms with van der Waals surface area (Å²) in [5, 5.41) is 3.30. The van der Waals surface area contributed by atoms with E-state index in [1.165, 1.54) is 32.8 Å². The molecular formula is C16H25F2NO2. The lowest BCUT2D eigenvalue weighted by molar-refractivity contribution is -0.0511. The minimum Gasteiger partial charge on any atom is -0.493 e. The molecule has 0 heterocycles. The standard InChI is InChI=1S/C16H25F2NO2/c1-4-5-6-7-8-12(2)19-13-9-10-14(20-3)15(11-13)21-16(17)18/h9-12,16,19H,4-8H2,1-3H3. The van der Waals surface area contributed by atoms with E-state index in [4.69, 9.17) is 4.74 Å². The lowest BCUT2D eigenvalue weighted by Crippen LogP contribution is -2.15. The third-order valence-corrected chi connectivity index (χ3v) is 3.28. The van der Waals surface area contributed by atoms with E-state index in [0.717, 1.165) is 12.1 Å². The maximum atomic E-state index is 12.4. The van der Waals surface area contributed by atoms with Crippen molar-refractivity contribution in [3.8, 4) is 11.5 Å². The first kappa shape index (κ1) is 17.5. The molecule has 1 N–H and O–H groups in total. The quantitative estimate of drug-likeness (QED) is 0.612. The van der Waals surface area contributed by atoms with E-state index >= 15 is 0 Å². The molecule has 0 aliphatic heterocycles. The van der Waals surface area contributed by atoms with Gasteiger partial charge in [-0.15, -0.1) is 0 Å². The summed E-state index contributed by atoms with van der Waals surface area (Å²) in [6.07, 6.45) is 5.91. The molecule has 0 aliphatic rings. The van der Waals surface area contributed by atoms with Gasteiger partial charge < -0.3 is 14.8 Å². The molecule has 0 bridgehead atoms. The summed E-state index contributed by atoms with van der Waals surface area (Å²) < 4.78 is 34.2. The smallest absolute Gasteiger partial charge is 0.387 e. The lowest BCUT2D eigenvalue weighted by Gasteiger charge is -2.17. The van der Waals surface area contributed by atoms with Gasteiger partial charge in [0.2, 0.25) is 0 Å². The Morgan fingerprint density at radius 1 is 1.14 bits per heavy atom. The molecule has 1 aromatic rings. The van der Waals surface area contributed by atoms with Gasteiger partial charge in [0.25, 0.3) is 0 Å². The monoisotopic (exact) mass is 301 g/mol. The Morgan fingerprint density at radius 3 is 2.52 bits per heavy atom. The van der Waals surface area contributed by atoms with Crippen LogP contribution in [0.15, 0.2) is 18.2 Å². The lowest BCUT2D eigenvalue weighted by atomic mass is 10.1. The molecule has 0 fully saturated rings. The Bertz CT molecular complexity index is 413. The maximum absolute atomic E-state index is 12.4. The van der Waals surface area contributed by atoms with Crippen LogP contribution in [0, 0.1) is 0 Å². The highest BCUT2D eigenvalue weighted by Gasteiger charge is 2.12. The first-order valence-electron chi connectivity index (χ1n) is 7.46. The Balaban J connectivity index is 2.58. The number of anilines is 1. The van der Waals surface area contributed by atoms with Crippen LogP contribution in [0.2, 0.25) is 0 Å². The molecule has 1 aromatic carbocycles. The van der Waals surface area contributed by atoms with E-state index in [1.807, 2.05) is 0 Å². The van der Waals surface area contributed by atoms with Crippen LogP contribution in [-0.4, -0.2) is 19.8 Å². The number of hydrogen-bond acceptors (Lipinski definition) is 3. The minimum absolute atomic E-state index is 0.0516. The van der Waals surface area contributed by atoms with Crippen LogP contribution in [0.3, 0.4) is 0 Å². The van der Waals surface area contributed by atoms with Crippen LogP contribution in [0.4, 0.5) is 14.5 Å². The fraction of sp³-hybridized carbons (Fsp3) is 0.625. The number of nitrogens with one attached hydrogen (secondary N) is 1. The van der Waals surface area contributed by atoms with Crippen molar-refractivity contribution in [1.29, 1.82) is 0 Å². The summed E-state index contributed by atoms with van der Waals surface area (Å²) in [6, 6.07) is 5.27. The predicted octanol–water partition coefficient (Wildman–Crippen LogP) is 5.07. The van der Waals surface area contributed by atoms with Gasteiger partial charge >= 0.3 is 6.61 Å². The van der Waals surface area contributed by atoms with E-state index in [1.54, 1.807) is 18.2 Å². The highest BCUT2D eigenvalue weighted by Crippen LogP contribution is 2.31. The van der Waals surface area contributed by atoms with Crippen molar-refractivity contribution in [3.63, 3.8) is 0 Å². The molecule has 5 heteroatoms. The number of alkyl halides is 2. The van der Waals surface area contributed by atoms with Gasteiger partial charge in [0.15, 0.2) is 11.5 Å². The van der Waals surface area contributed by atoms with Gasteiger partial charge in [-0.25, -0.2) is 0 Å². The molecule has 0 radical (unpaired) electrons. The zero-order valence-corrected chi connectivity index (χ0v) is 13.0. The Kier molecular flexibility index (Phi) is 7.87. The third-order valence-electron chi connectivity index (χ3n) is 3.28. The maximum Gasteiger partial charge on any atom is 0.387 e. The van der Waals surface area contributed by atoms with Crippen LogP contribution in [0.1, 0.15) is 46.0 Å². The molecule has 0 amide bonds. The van der Waals surface area contributed by atoms with E-state index in [2.05, 4.69) is 23.9 Å². The van der Waals surface area contributed by atoms with Crippen LogP contribution >= 0.6 is 0 Å². The molecule has 1 unspecified atom stereocenters. The summed E-state index contributed by atoms with van der Waals surface area (Å²) >= 11 is 0. The van der Waals surface area contributed by atoms with Gasteiger partial charge in [0.1, 0.15) is 0 Å². The fourth-order valence-electron chi connectivity index (χ4n) is 2.19. The number of rotatable bonds is 10. The van der Waals surface area contributed by atoms with Crippen molar-refractivity contribution in [3.05, 3.63) is 18.2 Å². The Morgan fingerprint density at radius 2 is 1.90 bits per heavy atom. The van der Waals surface area contributed by atoms with Crippen molar-refractivity contribution in [2.24, 2.45) is 0 Å². The van der Waals surface area contributed by atoms with Crippen LogP contribution in [0.5, 0.6) is 11.5 Å². The van der Waals surface area contributed by atoms with Crippen LogP contribution < -0.4 is 14.8 Å². The number of hydrogen-bond donors (Lipinski definition) is 1. The molecule has 0 saturated carbocycles. The molecule has 0 aromatic heterocycles. The van der Waals surface area contributed by atoms with Crippen LogP contribution in [0.25, 0.3) is 0 Å². The minimum atomic E-state index is -2.86. The number of methoxy groups -OCH3 is 1. The Hall–Kier alpha value is -1.52. The summed E-state index contributed by atoms with van der Waals surface area (Å²) in [5.74, 6) is 0.354. The molecular weight excluding hydrogens is 276 g/mol. The first-order chi connectivity index (χ1) is 10.1. The average molecular weight is 301 g/mol. The van der Waals surface area contributed by atoms with Gasteiger partial charge in [0.05, 0.1) is 7.11 Å².